The van der Waals surface area contributed by atoms with Crippen molar-refractivity contribution in [3.8, 4) is 0 Å². The van der Waals surface area contributed by atoms with Gasteiger partial charge in [-0.3, -0.25) is 0 Å². The third kappa shape index (κ3) is 9.87. The summed E-state index contributed by atoms with van der Waals surface area (Å²) in [6.45, 7) is 0. The Morgan fingerprint density at radius 3 is 1.12 bits per heavy atom. The molecule has 0 heterocycles. The second-order valence-electron chi connectivity index (χ2n) is 4.80. The molecule has 0 atom stereocenters. The first-order valence-corrected chi connectivity index (χ1v) is 7.80. The van der Waals surface area contributed by atoms with Crippen LogP contribution >= 0.6 is 0 Å². The maximum absolute atomic E-state index is 4.10. The van der Waals surface area contributed by atoms with Gasteiger partial charge in [0.25, 0.3) is 0 Å². The van der Waals surface area contributed by atoms with Gasteiger partial charge in [0, 0.05) is 17.1 Å². The summed E-state index contributed by atoms with van der Waals surface area (Å²) < 4.78 is 0. The van der Waals surface area contributed by atoms with Crippen LogP contribution in [0.15, 0.2) is 132 Å². The van der Waals surface area contributed by atoms with E-state index >= 15 is 0 Å². The van der Waals surface area contributed by atoms with Gasteiger partial charge >= 0.3 is 0 Å². The maximum Gasteiger partial charge on any atom is 0.0857 e. The molecular weight excluding hydrogens is 348 g/mol. The molecule has 0 saturated carbocycles. The average Bonchev–Trinajstić information content (AvgIpc) is 3.40. The molecule has 0 aliphatic carbocycles. The van der Waals surface area contributed by atoms with Gasteiger partial charge in [0.15, 0.2) is 0 Å². The summed E-state index contributed by atoms with van der Waals surface area (Å²) in [5.74, 6) is 0. The smallest absolute Gasteiger partial charge is 0.0857 e. The zero-order chi connectivity index (χ0) is 16.7. The van der Waals surface area contributed by atoms with Crippen LogP contribution in [0.25, 0.3) is 0 Å². The predicted molar refractivity (Wildman–Crippen MR) is 101 cm³/mol. The third-order valence-electron chi connectivity index (χ3n) is 2.90. The van der Waals surface area contributed by atoms with Gasteiger partial charge in [0.1, 0.15) is 0 Å². The molecule has 0 radical (unpaired) electrons. The van der Waals surface area contributed by atoms with Gasteiger partial charge in [-0.2, -0.15) is 28.4 Å². The van der Waals surface area contributed by atoms with E-state index in [1.54, 1.807) is 0 Å². The first-order chi connectivity index (χ1) is 11.9. The fourth-order valence-electron chi connectivity index (χ4n) is 1.75. The van der Waals surface area contributed by atoms with E-state index in [1.165, 1.54) is 0 Å². The average molecular weight is 368 g/mol. The summed E-state index contributed by atoms with van der Waals surface area (Å²) in [4.78, 5) is 0. The van der Waals surface area contributed by atoms with Crippen LogP contribution in [-0.4, -0.2) is 0 Å². The van der Waals surface area contributed by atoms with Crippen LogP contribution in [0.4, 0.5) is 11.4 Å². The molecule has 0 aliphatic heterocycles. The molecule has 0 saturated heterocycles. The minimum absolute atomic E-state index is 0. The summed E-state index contributed by atoms with van der Waals surface area (Å²) in [5, 5.41) is 8.20. The van der Waals surface area contributed by atoms with Crippen molar-refractivity contribution < 1.29 is 17.1 Å². The van der Waals surface area contributed by atoms with Gasteiger partial charge in [0.05, 0.1) is 11.4 Å². The van der Waals surface area contributed by atoms with E-state index in [-0.39, 0.29) is 17.1 Å². The van der Waals surface area contributed by atoms with Crippen molar-refractivity contribution in [1.29, 1.82) is 0 Å². The molecule has 0 fully saturated rings. The van der Waals surface area contributed by atoms with E-state index in [1.807, 2.05) is 121 Å². The standard InChI is InChI=1S/C12H10N2.2C5H5.Fe/c1-3-7-11(8-4-1)13-14-12-9-5-2-6-10-12;2*1-2-4-5-3-1;/h1-10H;2*1-5H;/q;-5;-1;. The predicted octanol–water partition coefficient (Wildman–Crippen LogP) is 6.91. The van der Waals surface area contributed by atoms with Crippen LogP contribution in [0, 0.1) is 0 Å². The quantitative estimate of drug-likeness (QED) is 0.209. The minimum atomic E-state index is 0. The summed E-state index contributed by atoms with van der Waals surface area (Å²) in [6, 6.07) is 39.4. The monoisotopic (exact) mass is 368 g/mol. The number of hydrogen-bond acceptors (Lipinski definition) is 2. The number of hydrogen-bond donors (Lipinski definition) is 0. The Kier molecular flexibility index (Phi) is 11.1. The third-order valence-corrected chi connectivity index (χ3v) is 2.90. The Bertz CT molecular complexity index is 644. The summed E-state index contributed by atoms with van der Waals surface area (Å²) in [6.07, 6.45) is 0. The van der Waals surface area contributed by atoms with Gasteiger partial charge < -0.3 is 30.3 Å². The molecule has 0 aliphatic rings. The minimum Gasteiger partial charge on any atom is -0.748 e. The Morgan fingerprint density at radius 1 is 0.480 bits per heavy atom. The molecule has 4 aromatic rings. The van der Waals surface area contributed by atoms with Crippen LogP contribution in [0.2, 0.25) is 0 Å². The fourth-order valence-corrected chi connectivity index (χ4v) is 1.75. The molecule has 0 spiro atoms. The van der Waals surface area contributed by atoms with Crippen molar-refractivity contribution in [3.05, 3.63) is 121 Å². The van der Waals surface area contributed by atoms with Crippen LogP contribution in [0.5, 0.6) is 0 Å². The van der Waals surface area contributed by atoms with Crippen LogP contribution in [0.1, 0.15) is 0 Å². The second-order valence-corrected chi connectivity index (χ2v) is 4.80. The SMILES string of the molecule is [Fe].[cH-]1[cH-][cH-][cH-][cH-]1.c1cc[cH-]c1.c1ccc(N=Nc2ccccc2)cc1. The fraction of sp³-hybridized carbons (Fsp3) is 0. The van der Waals surface area contributed by atoms with Gasteiger partial charge in [-0.05, 0) is 24.3 Å². The topological polar surface area (TPSA) is 24.7 Å². The first-order valence-electron chi connectivity index (χ1n) is 7.80. The maximum atomic E-state index is 4.10. The van der Waals surface area contributed by atoms with Crippen LogP contribution in [-0.2, 0) is 17.1 Å². The molecule has 2 nitrogen and oxygen atoms in total. The summed E-state index contributed by atoms with van der Waals surface area (Å²) in [7, 11) is 0. The van der Waals surface area contributed by atoms with Crippen LogP contribution < -0.4 is 0 Å². The van der Waals surface area contributed by atoms with E-state index in [4.69, 9.17) is 0 Å². The molecule has 0 aromatic heterocycles. The van der Waals surface area contributed by atoms with Gasteiger partial charge in [0.2, 0.25) is 0 Å². The first kappa shape index (κ1) is 20.3. The van der Waals surface area contributed by atoms with Crippen molar-refractivity contribution in [2.24, 2.45) is 10.2 Å². The van der Waals surface area contributed by atoms with E-state index in [0.29, 0.717) is 0 Å². The molecule has 4 aromatic carbocycles. The number of azo groups is 1. The van der Waals surface area contributed by atoms with E-state index in [2.05, 4.69) is 10.2 Å². The van der Waals surface area contributed by atoms with Crippen LogP contribution in [0.3, 0.4) is 0 Å². The van der Waals surface area contributed by atoms with Crippen molar-refractivity contribution in [1.82, 2.24) is 0 Å². The second kappa shape index (κ2) is 13.7. The summed E-state index contributed by atoms with van der Waals surface area (Å²) in [5.41, 5.74) is 1.74. The molecule has 3 heteroatoms. The Labute approximate surface area is 160 Å². The number of rotatable bonds is 2. The Hall–Kier alpha value is -2.74. The number of benzene rings is 2. The van der Waals surface area contributed by atoms with Gasteiger partial charge in [-0.25, -0.2) is 12.1 Å². The molecule has 0 unspecified atom stereocenters. The molecule has 0 amide bonds. The largest absolute Gasteiger partial charge is 0.748 e. The summed E-state index contributed by atoms with van der Waals surface area (Å²) >= 11 is 0. The normalized spacial score (nSPS) is 9.12. The Morgan fingerprint density at radius 2 is 0.840 bits per heavy atom. The van der Waals surface area contributed by atoms with Crippen molar-refractivity contribution in [2.45, 2.75) is 0 Å². The Balaban J connectivity index is 0.000000233. The van der Waals surface area contributed by atoms with E-state index in [9.17, 15) is 0 Å². The molecule has 132 valence electrons. The van der Waals surface area contributed by atoms with E-state index in [0.717, 1.165) is 11.4 Å². The van der Waals surface area contributed by atoms with Crippen molar-refractivity contribution >= 4 is 11.4 Å². The zero-order valence-electron chi connectivity index (χ0n) is 13.8. The van der Waals surface area contributed by atoms with E-state index < -0.39 is 0 Å². The van der Waals surface area contributed by atoms with Crippen molar-refractivity contribution in [2.75, 3.05) is 0 Å². The number of nitrogens with zero attached hydrogens (tertiary/aromatic N) is 2. The zero-order valence-corrected chi connectivity index (χ0v) is 14.9. The molecular formula is C22H20FeN2-6. The molecule has 0 N–H and O–H groups in total. The molecule has 25 heavy (non-hydrogen) atoms. The molecule has 0 bridgehead atoms. The van der Waals surface area contributed by atoms with Gasteiger partial charge in [-0.1, -0.05) is 36.4 Å². The molecule has 4 rings (SSSR count). The van der Waals surface area contributed by atoms with Gasteiger partial charge in [-0.15, -0.1) is 0 Å². The van der Waals surface area contributed by atoms with Crippen molar-refractivity contribution in [3.63, 3.8) is 0 Å².